The number of rotatable bonds is 3. The van der Waals surface area contributed by atoms with Crippen LogP contribution in [0.2, 0.25) is 10.0 Å². The zero-order valence-electron chi connectivity index (χ0n) is 15.4. The molecule has 2 heterocycles. The van der Waals surface area contributed by atoms with Crippen molar-refractivity contribution in [3.63, 3.8) is 0 Å². The van der Waals surface area contributed by atoms with Crippen LogP contribution in [0.5, 0.6) is 0 Å². The topological polar surface area (TPSA) is 49.6 Å². The summed E-state index contributed by atoms with van der Waals surface area (Å²) < 4.78 is 5.67. The first kappa shape index (κ1) is 18.8. The van der Waals surface area contributed by atoms with Crippen molar-refractivity contribution in [1.82, 2.24) is 9.88 Å². The molecule has 1 aliphatic rings. The van der Waals surface area contributed by atoms with Crippen molar-refractivity contribution in [2.45, 2.75) is 6.92 Å². The summed E-state index contributed by atoms with van der Waals surface area (Å²) in [6, 6.07) is 15.1. The third-order valence-electron chi connectivity index (χ3n) is 4.80. The Morgan fingerprint density at radius 3 is 2.50 bits per heavy atom. The maximum atomic E-state index is 13.1. The van der Waals surface area contributed by atoms with Crippen LogP contribution in [0.25, 0.3) is 11.3 Å². The van der Waals surface area contributed by atoms with Crippen molar-refractivity contribution in [3.8, 4) is 11.3 Å². The number of benzene rings is 2. The van der Waals surface area contributed by atoms with Gasteiger partial charge in [-0.1, -0.05) is 47.5 Å². The summed E-state index contributed by atoms with van der Waals surface area (Å²) in [5.41, 5.74) is 2.25. The third kappa shape index (κ3) is 3.73. The summed E-state index contributed by atoms with van der Waals surface area (Å²) in [4.78, 5) is 21.5. The predicted octanol–water partition coefficient (Wildman–Crippen LogP) is 4.92. The fourth-order valence-electron chi connectivity index (χ4n) is 3.39. The van der Waals surface area contributed by atoms with Crippen molar-refractivity contribution < 1.29 is 9.21 Å². The van der Waals surface area contributed by atoms with Crippen molar-refractivity contribution in [2.75, 3.05) is 31.1 Å². The van der Waals surface area contributed by atoms with E-state index in [2.05, 4.69) is 9.88 Å². The number of carbonyl (C=O) groups is 1. The van der Waals surface area contributed by atoms with Crippen LogP contribution in [-0.2, 0) is 0 Å². The van der Waals surface area contributed by atoms with Gasteiger partial charge in [-0.3, -0.25) is 4.79 Å². The fraction of sp³-hybridized carbons (Fsp3) is 0.238. The number of hydrogen-bond acceptors (Lipinski definition) is 4. The van der Waals surface area contributed by atoms with Gasteiger partial charge in [0.25, 0.3) is 5.91 Å². The first-order valence-corrected chi connectivity index (χ1v) is 9.80. The molecule has 0 atom stereocenters. The number of oxazole rings is 1. The average molecular weight is 416 g/mol. The van der Waals surface area contributed by atoms with Crippen LogP contribution < -0.4 is 4.90 Å². The smallest absolute Gasteiger partial charge is 0.292 e. The van der Waals surface area contributed by atoms with E-state index in [-0.39, 0.29) is 11.7 Å². The minimum absolute atomic E-state index is 0.165. The SMILES string of the molecule is Cc1nc(-c2ccccc2Cl)c(C(=O)N2CCN(c3cccc(Cl)c3)CC2)o1. The molecule has 1 amide bonds. The van der Waals surface area contributed by atoms with Crippen LogP contribution in [0, 0.1) is 6.92 Å². The van der Waals surface area contributed by atoms with Crippen LogP contribution in [0.15, 0.2) is 52.9 Å². The minimum Gasteiger partial charge on any atom is -0.435 e. The van der Waals surface area contributed by atoms with Gasteiger partial charge in [0.15, 0.2) is 5.89 Å². The highest BCUT2D eigenvalue weighted by Gasteiger charge is 2.29. The number of piperazine rings is 1. The van der Waals surface area contributed by atoms with Gasteiger partial charge >= 0.3 is 0 Å². The zero-order valence-corrected chi connectivity index (χ0v) is 16.9. The molecule has 1 aromatic heterocycles. The molecule has 28 heavy (non-hydrogen) atoms. The van der Waals surface area contributed by atoms with Gasteiger partial charge in [-0.05, 0) is 24.3 Å². The van der Waals surface area contributed by atoms with Gasteiger partial charge in [0.05, 0.1) is 5.02 Å². The Morgan fingerprint density at radius 2 is 1.79 bits per heavy atom. The van der Waals surface area contributed by atoms with E-state index in [4.69, 9.17) is 27.6 Å². The van der Waals surface area contributed by atoms with E-state index in [1.807, 2.05) is 42.5 Å². The lowest BCUT2D eigenvalue weighted by Gasteiger charge is -2.35. The normalized spacial score (nSPS) is 14.4. The van der Waals surface area contributed by atoms with Crippen molar-refractivity contribution in [3.05, 3.63) is 70.2 Å². The summed E-state index contributed by atoms with van der Waals surface area (Å²) in [5, 5.41) is 1.24. The molecule has 1 fully saturated rings. The fourth-order valence-corrected chi connectivity index (χ4v) is 3.80. The highest BCUT2D eigenvalue weighted by Crippen LogP contribution is 2.31. The molecule has 3 aromatic rings. The Labute approximate surface area is 173 Å². The second-order valence-electron chi connectivity index (χ2n) is 6.65. The van der Waals surface area contributed by atoms with Gasteiger partial charge < -0.3 is 14.2 Å². The highest BCUT2D eigenvalue weighted by atomic mass is 35.5. The van der Waals surface area contributed by atoms with Gasteiger partial charge in [0.1, 0.15) is 5.69 Å². The van der Waals surface area contributed by atoms with E-state index >= 15 is 0 Å². The number of carbonyl (C=O) groups excluding carboxylic acids is 1. The number of aromatic nitrogens is 1. The lowest BCUT2D eigenvalue weighted by Crippen LogP contribution is -2.48. The molecular weight excluding hydrogens is 397 g/mol. The lowest BCUT2D eigenvalue weighted by atomic mass is 10.1. The van der Waals surface area contributed by atoms with E-state index in [1.165, 1.54) is 0 Å². The molecule has 0 radical (unpaired) electrons. The monoisotopic (exact) mass is 415 g/mol. The molecule has 0 saturated carbocycles. The van der Waals surface area contributed by atoms with Crippen LogP contribution in [0.4, 0.5) is 5.69 Å². The van der Waals surface area contributed by atoms with E-state index in [0.717, 1.165) is 18.8 Å². The van der Waals surface area contributed by atoms with Crippen LogP contribution >= 0.6 is 23.2 Å². The molecule has 2 aromatic carbocycles. The molecule has 0 aliphatic carbocycles. The second kappa shape index (κ2) is 7.86. The Bertz CT molecular complexity index is 1010. The number of halogens is 2. The standard InChI is InChI=1S/C21H19Cl2N3O2/c1-14-24-19(17-7-2-3-8-18(17)23)20(28-14)21(27)26-11-9-25(10-12-26)16-6-4-5-15(22)13-16/h2-8,13H,9-12H2,1H3. The van der Waals surface area contributed by atoms with Crippen molar-refractivity contribution >= 4 is 34.8 Å². The van der Waals surface area contributed by atoms with Gasteiger partial charge in [-0.15, -0.1) is 0 Å². The summed E-state index contributed by atoms with van der Waals surface area (Å²) in [7, 11) is 0. The van der Waals surface area contributed by atoms with Crippen molar-refractivity contribution in [2.24, 2.45) is 0 Å². The van der Waals surface area contributed by atoms with Crippen LogP contribution in [-0.4, -0.2) is 42.0 Å². The molecule has 0 spiro atoms. The predicted molar refractivity (Wildman–Crippen MR) is 111 cm³/mol. The summed E-state index contributed by atoms with van der Waals surface area (Å²) in [5.74, 6) is 0.513. The largest absolute Gasteiger partial charge is 0.435 e. The molecule has 0 N–H and O–H groups in total. The van der Waals surface area contributed by atoms with E-state index in [0.29, 0.717) is 40.3 Å². The molecule has 7 heteroatoms. The Kier molecular flexibility index (Phi) is 5.29. The maximum absolute atomic E-state index is 13.1. The molecule has 1 aliphatic heterocycles. The number of amides is 1. The van der Waals surface area contributed by atoms with Crippen molar-refractivity contribution in [1.29, 1.82) is 0 Å². The summed E-state index contributed by atoms with van der Waals surface area (Å²) >= 11 is 12.4. The van der Waals surface area contributed by atoms with E-state index in [9.17, 15) is 4.79 Å². The summed E-state index contributed by atoms with van der Waals surface area (Å²) in [6.45, 7) is 4.36. The van der Waals surface area contributed by atoms with Crippen LogP contribution in [0.3, 0.4) is 0 Å². The highest BCUT2D eigenvalue weighted by molar-refractivity contribution is 6.33. The Hall–Kier alpha value is -2.50. The molecule has 0 bridgehead atoms. The molecular formula is C21H19Cl2N3O2. The molecule has 4 rings (SSSR count). The van der Waals surface area contributed by atoms with Gasteiger partial charge in [0, 0.05) is 49.4 Å². The maximum Gasteiger partial charge on any atom is 0.292 e. The molecule has 144 valence electrons. The van der Waals surface area contributed by atoms with E-state index < -0.39 is 0 Å². The first-order chi connectivity index (χ1) is 13.5. The van der Waals surface area contributed by atoms with E-state index in [1.54, 1.807) is 17.9 Å². The molecule has 0 unspecified atom stereocenters. The quantitative estimate of drug-likeness (QED) is 0.608. The minimum atomic E-state index is -0.165. The van der Waals surface area contributed by atoms with Crippen LogP contribution in [0.1, 0.15) is 16.4 Å². The Balaban J connectivity index is 1.53. The molecule has 5 nitrogen and oxygen atoms in total. The number of nitrogens with zero attached hydrogens (tertiary/aromatic N) is 3. The second-order valence-corrected chi connectivity index (χ2v) is 7.49. The lowest BCUT2D eigenvalue weighted by molar-refractivity contribution is 0.0714. The number of anilines is 1. The number of aryl methyl sites for hydroxylation is 1. The Morgan fingerprint density at radius 1 is 1.04 bits per heavy atom. The third-order valence-corrected chi connectivity index (χ3v) is 5.36. The summed E-state index contributed by atoms with van der Waals surface area (Å²) in [6.07, 6.45) is 0. The average Bonchev–Trinajstić information content (AvgIpc) is 3.09. The number of hydrogen-bond donors (Lipinski definition) is 0. The zero-order chi connectivity index (χ0) is 19.7. The first-order valence-electron chi connectivity index (χ1n) is 9.05. The van der Waals surface area contributed by atoms with Gasteiger partial charge in [-0.2, -0.15) is 0 Å². The van der Waals surface area contributed by atoms with Gasteiger partial charge in [-0.25, -0.2) is 4.98 Å². The molecule has 1 saturated heterocycles. The van der Waals surface area contributed by atoms with Gasteiger partial charge in [0.2, 0.25) is 5.76 Å².